The van der Waals surface area contributed by atoms with Crippen LogP contribution in [0, 0.1) is 13.8 Å². The molecule has 0 amide bonds. The van der Waals surface area contributed by atoms with Crippen LogP contribution >= 0.6 is 0 Å². The second-order valence-electron chi connectivity index (χ2n) is 6.46. The minimum absolute atomic E-state index is 0.122. The predicted molar refractivity (Wildman–Crippen MR) is 107 cm³/mol. The molecule has 9 heteroatoms. The van der Waals surface area contributed by atoms with Crippen LogP contribution in [0.15, 0.2) is 64.5 Å². The zero-order chi connectivity index (χ0) is 20.5. The first-order valence-corrected chi connectivity index (χ1v) is 11.7. The van der Waals surface area contributed by atoms with Crippen molar-refractivity contribution in [2.24, 2.45) is 0 Å². The number of sulfone groups is 1. The molecule has 3 rings (SSSR count). The molecular weight excluding hydrogens is 398 g/mol. The van der Waals surface area contributed by atoms with Gasteiger partial charge in [-0.15, -0.1) is 10.2 Å². The Morgan fingerprint density at radius 3 is 2.18 bits per heavy atom. The molecule has 0 radical (unpaired) electrons. The molecule has 146 valence electrons. The quantitative estimate of drug-likeness (QED) is 0.684. The number of nitrogens with zero attached hydrogens (tertiary/aromatic N) is 2. The summed E-state index contributed by atoms with van der Waals surface area (Å²) in [5.41, 5.74) is 3.30. The lowest BCUT2D eigenvalue weighted by Gasteiger charge is -2.11. The highest BCUT2D eigenvalue weighted by Gasteiger charge is 2.16. The van der Waals surface area contributed by atoms with Gasteiger partial charge >= 0.3 is 0 Å². The molecule has 0 aliphatic carbocycles. The van der Waals surface area contributed by atoms with E-state index >= 15 is 0 Å². The van der Waals surface area contributed by atoms with Crippen molar-refractivity contribution < 1.29 is 16.8 Å². The van der Waals surface area contributed by atoms with Gasteiger partial charge in [-0.3, -0.25) is 4.72 Å². The Bertz CT molecular complexity index is 1240. The van der Waals surface area contributed by atoms with Gasteiger partial charge in [0.2, 0.25) is 0 Å². The highest BCUT2D eigenvalue weighted by atomic mass is 32.2. The van der Waals surface area contributed by atoms with Gasteiger partial charge in [0.25, 0.3) is 10.0 Å². The van der Waals surface area contributed by atoms with Gasteiger partial charge in [-0.25, -0.2) is 16.8 Å². The number of aromatic nitrogens is 2. The summed E-state index contributed by atoms with van der Waals surface area (Å²) in [6.45, 7) is 3.77. The van der Waals surface area contributed by atoms with Crippen molar-refractivity contribution in [1.29, 1.82) is 0 Å². The Morgan fingerprint density at radius 2 is 1.57 bits per heavy atom. The molecule has 0 aliphatic rings. The topological polar surface area (TPSA) is 106 Å². The van der Waals surface area contributed by atoms with Crippen molar-refractivity contribution in [3.8, 4) is 11.3 Å². The predicted octanol–water partition coefficient (Wildman–Crippen LogP) is 2.96. The molecule has 0 saturated heterocycles. The van der Waals surface area contributed by atoms with Gasteiger partial charge in [0.15, 0.2) is 14.9 Å². The van der Waals surface area contributed by atoms with Gasteiger partial charge in [0.1, 0.15) is 0 Å². The Hall–Kier alpha value is -2.78. The molecule has 0 spiro atoms. The highest BCUT2D eigenvalue weighted by molar-refractivity contribution is 7.92. The van der Waals surface area contributed by atoms with Gasteiger partial charge in [-0.2, -0.15) is 0 Å². The van der Waals surface area contributed by atoms with Crippen LogP contribution in [0.3, 0.4) is 0 Å². The van der Waals surface area contributed by atoms with Crippen LogP contribution in [0.1, 0.15) is 11.1 Å². The summed E-state index contributed by atoms with van der Waals surface area (Å²) in [6.07, 6.45) is 1.05. The van der Waals surface area contributed by atoms with Crippen LogP contribution in [0.2, 0.25) is 0 Å². The SMILES string of the molecule is Cc1ccc(S(=O)(=O)Nc2cccc(-c3ccc(S(C)(=O)=O)nn3)c2)cc1C. The summed E-state index contributed by atoms with van der Waals surface area (Å²) in [4.78, 5) is 0.179. The average molecular weight is 418 g/mol. The molecule has 2 aromatic carbocycles. The van der Waals surface area contributed by atoms with Crippen molar-refractivity contribution in [2.45, 2.75) is 23.8 Å². The van der Waals surface area contributed by atoms with Crippen molar-refractivity contribution in [2.75, 3.05) is 11.0 Å². The summed E-state index contributed by atoms with van der Waals surface area (Å²) >= 11 is 0. The van der Waals surface area contributed by atoms with E-state index in [1.54, 1.807) is 42.5 Å². The Morgan fingerprint density at radius 1 is 0.821 bits per heavy atom. The zero-order valence-electron chi connectivity index (χ0n) is 15.5. The standard InChI is InChI=1S/C19H19N3O4S2/c1-13-7-8-17(11-14(13)2)28(25,26)22-16-6-4-5-15(12-16)18-9-10-19(21-20-18)27(3,23)24/h4-12,22H,1-3H3. The molecule has 0 aliphatic heterocycles. The van der Waals surface area contributed by atoms with Crippen molar-refractivity contribution in [3.63, 3.8) is 0 Å². The van der Waals surface area contributed by atoms with Gasteiger partial charge in [0.05, 0.1) is 10.6 Å². The van der Waals surface area contributed by atoms with Crippen LogP contribution in [0.25, 0.3) is 11.3 Å². The maximum Gasteiger partial charge on any atom is 0.261 e. The second kappa shape index (κ2) is 7.33. The molecule has 1 aromatic heterocycles. The van der Waals surface area contributed by atoms with Crippen molar-refractivity contribution >= 4 is 25.5 Å². The maximum absolute atomic E-state index is 12.7. The fraction of sp³-hybridized carbons (Fsp3) is 0.158. The number of hydrogen-bond donors (Lipinski definition) is 1. The van der Waals surface area contributed by atoms with Crippen molar-refractivity contribution in [3.05, 3.63) is 65.7 Å². The van der Waals surface area contributed by atoms with Crippen LogP contribution in [-0.2, 0) is 19.9 Å². The van der Waals surface area contributed by atoms with Crippen LogP contribution in [-0.4, -0.2) is 33.3 Å². The van der Waals surface area contributed by atoms with Crippen LogP contribution < -0.4 is 4.72 Å². The molecule has 28 heavy (non-hydrogen) atoms. The van der Waals surface area contributed by atoms with E-state index in [4.69, 9.17) is 0 Å². The fourth-order valence-electron chi connectivity index (χ4n) is 2.51. The smallest absolute Gasteiger partial charge is 0.261 e. The first kappa shape index (κ1) is 20.0. The van der Waals surface area contributed by atoms with E-state index in [9.17, 15) is 16.8 Å². The largest absolute Gasteiger partial charge is 0.280 e. The summed E-state index contributed by atoms with van der Waals surface area (Å²) in [5, 5.41) is 7.52. The van der Waals surface area contributed by atoms with E-state index in [0.717, 1.165) is 17.4 Å². The van der Waals surface area contributed by atoms with Gasteiger partial charge < -0.3 is 0 Å². The van der Waals surface area contributed by atoms with Gasteiger partial charge in [-0.1, -0.05) is 18.2 Å². The first-order valence-electron chi connectivity index (χ1n) is 8.30. The molecule has 7 nitrogen and oxygen atoms in total. The molecule has 0 atom stereocenters. The molecule has 0 saturated carbocycles. The lowest BCUT2D eigenvalue weighted by molar-refractivity contribution is 0.595. The third-order valence-corrected chi connectivity index (χ3v) is 6.58. The van der Waals surface area contributed by atoms with E-state index in [0.29, 0.717) is 16.9 Å². The number of hydrogen-bond acceptors (Lipinski definition) is 6. The van der Waals surface area contributed by atoms with Gasteiger partial charge in [0, 0.05) is 17.5 Å². The molecular formula is C19H19N3O4S2. The Labute approximate surface area is 164 Å². The monoisotopic (exact) mass is 417 g/mol. The summed E-state index contributed by atoms with van der Waals surface area (Å²) in [5.74, 6) is 0. The van der Waals surface area contributed by atoms with E-state index in [1.165, 1.54) is 12.1 Å². The highest BCUT2D eigenvalue weighted by Crippen LogP contribution is 2.24. The Balaban J connectivity index is 1.90. The van der Waals surface area contributed by atoms with E-state index in [-0.39, 0.29) is 9.92 Å². The number of rotatable bonds is 5. The summed E-state index contributed by atoms with van der Waals surface area (Å²) in [7, 11) is -7.18. The van der Waals surface area contributed by atoms with Gasteiger partial charge in [-0.05, 0) is 61.4 Å². The zero-order valence-corrected chi connectivity index (χ0v) is 17.2. The number of sulfonamides is 1. The number of benzene rings is 2. The van der Waals surface area contributed by atoms with E-state index < -0.39 is 19.9 Å². The maximum atomic E-state index is 12.7. The fourth-order valence-corrected chi connectivity index (χ4v) is 4.15. The lowest BCUT2D eigenvalue weighted by Crippen LogP contribution is -2.13. The first-order chi connectivity index (χ1) is 13.1. The molecule has 0 unspecified atom stereocenters. The van der Waals surface area contributed by atoms with Crippen LogP contribution in [0.4, 0.5) is 5.69 Å². The third kappa shape index (κ3) is 4.37. The molecule has 0 bridgehead atoms. The Kier molecular flexibility index (Phi) is 5.22. The normalized spacial score (nSPS) is 12.0. The molecule has 1 heterocycles. The lowest BCUT2D eigenvalue weighted by atomic mass is 10.1. The minimum Gasteiger partial charge on any atom is -0.280 e. The summed E-state index contributed by atoms with van der Waals surface area (Å²) in [6, 6.07) is 14.5. The van der Waals surface area contributed by atoms with Crippen molar-refractivity contribution in [1.82, 2.24) is 10.2 Å². The molecule has 0 fully saturated rings. The summed E-state index contributed by atoms with van der Waals surface area (Å²) < 4.78 is 50.9. The number of nitrogens with one attached hydrogen (secondary N) is 1. The minimum atomic E-state index is -3.74. The average Bonchev–Trinajstić information content (AvgIpc) is 2.63. The molecule has 1 N–H and O–H groups in total. The van der Waals surface area contributed by atoms with E-state index in [2.05, 4.69) is 14.9 Å². The third-order valence-electron chi connectivity index (χ3n) is 4.22. The van der Waals surface area contributed by atoms with E-state index in [1.807, 2.05) is 13.8 Å². The number of aryl methyl sites for hydroxylation is 2. The second-order valence-corrected chi connectivity index (χ2v) is 10.1. The number of anilines is 1. The van der Waals surface area contributed by atoms with Crippen LogP contribution in [0.5, 0.6) is 0 Å². The molecule has 3 aromatic rings.